The molecule has 0 aliphatic rings. The van der Waals surface area contributed by atoms with Crippen LogP contribution in [0.25, 0.3) is 0 Å². The van der Waals surface area contributed by atoms with Gasteiger partial charge in [0.1, 0.15) is 5.75 Å². The minimum absolute atomic E-state index is 0.0906. The lowest BCUT2D eigenvalue weighted by molar-refractivity contribution is -0.128. The molecule has 1 unspecified atom stereocenters. The summed E-state index contributed by atoms with van der Waals surface area (Å²) >= 11 is 6.17. The monoisotopic (exact) mass is 312 g/mol. The van der Waals surface area contributed by atoms with Crippen molar-refractivity contribution in [2.45, 2.75) is 58.7 Å². The lowest BCUT2D eigenvalue weighted by atomic mass is 10.1. The Morgan fingerprint density at radius 1 is 1.33 bits per heavy atom. The molecule has 118 valence electrons. The highest BCUT2D eigenvalue weighted by molar-refractivity contribution is 6.32. The van der Waals surface area contributed by atoms with Gasteiger partial charge >= 0.3 is 0 Å². The first-order valence-corrected chi connectivity index (χ1v) is 7.78. The highest BCUT2D eigenvalue weighted by Crippen LogP contribution is 2.28. The standard InChI is InChI=1S/C16H25ClN2O2/c1-5-13(6-2)19-16(20)11(4)21-15-8-7-12(10(3)18)9-14(15)17/h7-11,13H,5-6,18H2,1-4H3,(H,19,20)/t10-,11?/m1/s1. The van der Waals surface area contributed by atoms with Gasteiger partial charge in [0.25, 0.3) is 5.91 Å². The van der Waals surface area contributed by atoms with Gasteiger partial charge in [0.2, 0.25) is 0 Å². The SMILES string of the molecule is CCC(CC)NC(=O)C(C)Oc1ccc([C@@H](C)N)cc1Cl. The molecule has 3 N–H and O–H groups in total. The molecule has 21 heavy (non-hydrogen) atoms. The summed E-state index contributed by atoms with van der Waals surface area (Å²) in [6, 6.07) is 5.47. The lowest BCUT2D eigenvalue weighted by Gasteiger charge is -2.20. The van der Waals surface area contributed by atoms with Crippen molar-refractivity contribution in [1.82, 2.24) is 5.32 Å². The lowest BCUT2D eigenvalue weighted by Crippen LogP contribution is -2.42. The Labute approximate surface area is 132 Å². The Morgan fingerprint density at radius 2 is 1.95 bits per heavy atom. The molecule has 2 atom stereocenters. The highest BCUT2D eigenvalue weighted by Gasteiger charge is 2.18. The van der Waals surface area contributed by atoms with Gasteiger partial charge in [-0.15, -0.1) is 0 Å². The van der Waals surface area contributed by atoms with Crippen LogP contribution in [0.2, 0.25) is 5.02 Å². The summed E-state index contributed by atoms with van der Waals surface area (Å²) in [5.74, 6) is 0.365. The minimum atomic E-state index is -0.593. The van der Waals surface area contributed by atoms with Gasteiger partial charge < -0.3 is 15.8 Å². The van der Waals surface area contributed by atoms with Gasteiger partial charge in [-0.2, -0.15) is 0 Å². The second-order valence-electron chi connectivity index (χ2n) is 5.26. The highest BCUT2D eigenvalue weighted by atomic mass is 35.5. The molecule has 0 spiro atoms. The zero-order valence-corrected chi connectivity index (χ0v) is 13.9. The molecule has 1 amide bonds. The molecule has 0 aliphatic carbocycles. The predicted molar refractivity (Wildman–Crippen MR) is 86.7 cm³/mol. The third-order valence-electron chi connectivity index (χ3n) is 3.49. The van der Waals surface area contributed by atoms with E-state index in [4.69, 9.17) is 22.1 Å². The third-order valence-corrected chi connectivity index (χ3v) is 3.78. The average Bonchev–Trinajstić information content (AvgIpc) is 2.46. The van der Waals surface area contributed by atoms with Gasteiger partial charge in [-0.3, -0.25) is 4.79 Å². The van der Waals surface area contributed by atoms with Gasteiger partial charge in [-0.1, -0.05) is 31.5 Å². The van der Waals surface area contributed by atoms with E-state index in [-0.39, 0.29) is 18.0 Å². The first kappa shape index (κ1) is 17.8. The van der Waals surface area contributed by atoms with Gasteiger partial charge in [0.05, 0.1) is 5.02 Å². The van der Waals surface area contributed by atoms with Crippen LogP contribution in [0.3, 0.4) is 0 Å². The van der Waals surface area contributed by atoms with Crippen molar-refractivity contribution < 1.29 is 9.53 Å². The van der Waals surface area contributed by atoms with Gasteiger partial charge in [0.15, 0.2) is 6.10 Å². The van der Waals surface area contributed by atoms with Crippen LogP contribution < -0.4 is 15.8 Å². The number of carbonyl (C=O) groups excluding carboxylic acids is 1. The topological polar surface area (TPSA) is 64.3 Å². The molecule has 1 aromatic rings. The summed E-state index contributed by atoms with van der Waals surface area (Å²) in [6.45, 7) is 7.69. The molecule has 5 heteroatoms. The van der Waals surface area contributed by atoms with E-state index >= 15 is 0 Å². The number of ether oxygens (including phenoxy) is 1. The number of benzene rings is 1. The first-order chi connectivity index (χ1) is 9.88. The number of rotatable bonds is 7. The molecular weight excluding hydrogens is 288 g/mol. The smallest absolute Gasteiger partial charge is 0.260 e. The number of hydrogen-bond acceptors (Lipinski definition) is 3. The minimum Gasteiger partial charge on any atom is -0.479 e. The quantitative estimate of drug-likeness (QED) is 0.810. The summed E-state index contributed by atoms with van der Waals surface area (Å²) in [6.07, 6.45) is 1.21. The fourth-order valence-electron chi connectivity index (χ4n) is 1.95. The van der Waals surface area contributed by atoms with Crippen molar-refractivity contribution in [3.05, 3.63) is 28.8 Å². The molecule has 0 aromatic heterocycles. The molecule has 0 fully saturated rings. The van der Waals surface area contributed by atoms with E-state index in [1.807, 2.05) is 26.8 Å². The molecule has 0 saturated heterocycles. The molecule has 4 nitrogen and oxygen atoms in total. The summed E-state index contributed by atoms with van der Waals surface area (Å²) in [4.78, 5) is 12.1. The second-order valence-corrected chi connectivity index (χ2v) is 5.67. The average molecular weight is 313 g/mol. The van der Waals surface area contributed by atoms with Crippen LogP contribution in [0.4, 0.5) is 0 Å². The largest absolute Gasteiger partial charge is 0.479 e. The maximum Gasteiger partial charge on any atom is 0.260 e. The van der Waals surface area contributed by atoms with Crippen molar-refractivity contribution in [3.8, 4) is 5.75 Å². The van der Waals surface area contributed by atoms with Crippen molar-refractivity contribution >= 4 is 17.5 Å². The normalized spacial score (nSPS) is 13.9. The number of carbonyl (C=O) groups is 1. The van der Waals surface area contributed by atoms with Gasteiger partial charge in [-0.05, 0) is 44.4 Å². The molecule has 0 bridgehead atoms. The van der Waals surface area contributed by atoms with Crippen LogP contribution in [0.1, 0.15) is 52.1 Å². The Morgan fingerprint density at radius 3 is 2.43 bits per heavy atom. The molecule has 1 rings (SSSR count). The van der Waals surface area contributed by atoms with Crippen LogP contribution >= 0.6 is 11.6 Å². The van der Waals surface area contributed by atoms with Crippen LogP contribution in [-0.2, 0) is 4.79 Å². The summed E-state index contributed by atoms with van der Waals surface area (Å²) in [7, 11) is 0. The number of nitrogens with one attached hydrogen (secondary N) is 1. The molecular formula is C16H25ClN2O2. The van der Waals surface area contributed by atoms with Gasteiger partial charge in [-0.25, -0.2) is 0 Å². The number of halogens is 1. The van der Waals surface area contributed by atoms with Crippen molar-refractivity contribution in [1.29, 1.82) is 0 Å². The van der Waals surface area contributed by atoms with E-state index < -0.39 is 6.10 Å². The van der Waals surface area contributed by atoms with Gasteiger partial charge in [0, 0.05) is 12.1 Å². The fraction of sp³-hybridized carbons (Fsp3) is 0.562. The van der Waals surface area contributed by atoms with E-state index in [1.165, 1.54) is 0 Å². The predicted octanol–water partition coefficient (Wildman–Crippen LogP) is 3.43. The van der Waals surface area contributed by atoms with Crippen molar-refractivity contribution in [2.75, 3.05) is 0 Å². The summed E-state index contributed by atoms with van der Waals surface area (Å²) in [5.41, 5.74) is 6.74. The van der Waals surface area contributed by atoms with Crippen molar-refractivity contribution in [3.63, 3.8) is 0 Å². The van der Waals surface area contributed by atoms with E-state index in [0.717, 1.165) is 18.4 Å². The first-order valence-electron chi connectivity index (χ1n) is 7.41. The Hall–Kier alpha value is -1.26. The molecule has 0 heterocycles. The zero-order chi connectivity index (χ0) is 16.0. The molecule has 0 radical (unpaired) electrons. The van der Waals surface area contributed by atoms with E-state index in [9.17, 15) is 4.79 Å². The summed E-state index contributed by atoms with van der Waals surface area (Å²) < 4.78 is 5.65. The second kappa shape index (κ2) is 8.25. The van der Waals surface area contributed by atoms with Crippen LogP contribution in [0.15, 0.2) is 18.2 Å². The Kier molecular flexibility index (Phi) is 6.99. The molecule has 0 aliphatic heterocycles. The number of hydrogen-bond donors (Lipinski definition) is 2. The van der Waals surface area contributed by atoms with Crippen molar-refractivity contribution in [2.24, 2.45) is 5.73 Å². The van der Waals surface area contributed by atoms with E-state index in [1.54, 1.807) is 19.1 Å². The Balaban J connectivity index is 2.70. The van der Waals surface area contributed by atoms with Crippen LogP contribution in [0.5, 0.6) is 5.75 Å². The number of amides is 1. The van der Waals surface area contributed by atoms with E-state index in [2.05, 4.69) is 5.32 Å². The van der Waals surface area contributed by atoms with E-state index in [0.29, 0.717) is 10.8 Å². The zero-order valence-electron chi connectivity index (χ0n) is 13.2. The van der Waals surface area contributed by atoms with Crippen LogP contribution in [0, 0.1) is 0 Å². The fourth-order valence-corrected chi connectivity index (χ4v) is 2.18. The maximum atomic E-state index is 12.1. The number of nitrogens with two attached hydrogens (primary N) is 1. The third kappa shape index (κ3) is 5.21. The summed E-state index contributed by atoms with van der Waals surface area (Å²) in [5, 5.41) is 3.42. The van der Waals surface area contributed by atoms with Crippen LogP contribution in [-0.4, -0.2) is 18.1 Å². The molecule has 0 saturated carbocycles. The maximum absolute atomic E-state index is 12.1. The Bertz CT molecular complexity index is 473. The molecule has 1 aromatic carbocycles.